The second kappa shape index (κ2) is 5.54. The van der Waals surface area contributed by atoms with Gasteiger partial charge in [-0.05, 0) is 36.8 Å². The van der Waals surface area contributed by atoms with Gasteiger partial charge in [0.1, 0.15) is 0 Å². The highest BCUT2D eigenvalue weighted by molar-refractivity contribution is 5.68. The molecule has 1 aromatic rings. The SMILES string of the molecule is C=Nc1cc(C(C)C)ccc1NCCC. The third-order valence-electron chi connectivity index (χ3n) is 2.42. The highest BCUT2D eigenvalue weighted by Crippen LogP contribution is 2.28. The number of anilines is 1. The largest absolute Gasteiger partial charge is 0.383 e. The molecular weight excluding hydrogens is 184 g/mol. The van der Waals surface area contributed by atoms with E-state index in [0.29, 0.717) is 5.92 Å². The molecule has 2 heteroatoms. The van der Waals surface area contributed by atoms with Gasteiger partial charge < -0.3 is 5.32 Å². The fourth-order valence-electron chi connectivity index (χ4n) is 1.45. The fourth-order valence-corrected chi connectivity index (χ4v) is 1.45. The van der Waals surface area contributed by atoms with Gasteiger partial charge in [-0.3, -0.25) is 4.99 Å². The summed E-state index contributed by atoms with van der Waals surface area (Å²) >= 11 is 0. The van der Waals surface area contributed by atoms with E-state index in [0.717, 1.165) is 24.3 Å². The van der Waals surface area contributed by atoms with E-state index in [1.165, 1.54) is 5.56 Å². The Morgan fingerprint density at radius 1 is 1.40 bits per heavy atom. The van der Waals surface area contributed by atoms with Gasteiger partial charge in [0, 0.05) is 6.54 Å². The Balaban J connectivity index is 2.93. The zero-order chi connectivity index (χ0) is 11.3. The molecule has 1 N–H and O–H groups in total. The van der Waals surface area contributed by atoms with Crippen molar-refractivity contribution in [3.8, 4) is 0 Å². The number of aliphatic imine (C=N–C) groups is 1. The average Bonchev–Trinajstić information content (AvgIpc) is 2.25. The molecule has 0 atom stereocenters. The van der Waals surface area contributed by atoms with Crippen molar-refractivity contribution in [3.05, 3.63) is 23.8 Å². The Morgan fingerprint density at radius 2 is 2.13 bits per heavy atom. The molecule has 0 aliphatic rings. The van der Waals surface area contributed by atoms with Crippen LogP contribution in [-0.2, 0) is 0 Å². The number of nitrogens with one attached hydrogen (secondary N) is 1. The van der Waals surface area contributed by atoms with Crippen LogP contribution in [0.25, 0.3) is 0 Å². The van der Waals surface area contributed by atoms with Gasteiger partial charge in [-0.1, -0.05) is 26.8 Å². The smallest absolute Gasteiger partial charge is 0.0856 e. The molecule has 15 heavy (non-hydrogen) atoms. The summed E-state index contributed by atoms with van der Waals surface area (Å²) in [4.78, 5) is 4.05. The summed E-state index contributed by atoms with van der Waals surface area (Å²) in [6.07, 6.45) is 1.11. The van der Waals surface area contributed by atoms with Crippen LogP contribution in [0, 0.1) is 0 Å². The second-order valence-electron chi connectivity index (χ2n) is 4.02. The molecule has 0 saturated heterocycles. The summed E-state index contributed by atoms with van der Waals surface area (Å²) in [5.74, 6) is 0.533. The molecule has 1 aromatic carbocycles. The molecule has 0 aliphatic carbocycles. The molecule has 2 nitrogen and oxygen atoms in total. The first-order valence-electron chi connectivity index (χ1n) is 5.53. The van der Waals surface area contributed by atoms with Crippen LogP contribution in [0.1, 0.15) is 38.7 Å². The minimum Gasteiger partial charge on any atom is -0.383 e. The Hall–Kier alpha value is -1.31. The molecule has 0 bridgehead atoms. The molecule has 0 saturated carbocycles. The van der Waals surface area contributed by atoms with Crippen molar-refractivity contribution < 1.29 is 0 Å². The first-order chi connectivity index (χ1) is 7.19. The number of benzene rings is 1. The molecule has 0 aliphatic heterocycles. The van der Waals surface area contributed by atoms with Crippen molar-refractivity contribution in [2.75, 3.05) is 11.9 Å². The maximum absolute atomic E-state index is 4.05. The van der Waals surface area contributed by atoms with Gasteiger partial charge in [0.2, 0.25) is 0 Å². The minimum absolute atomic E-state index is 0.533. The van der Waals surface area contributed by atoms with Gasteiger partial charge in [0.15, 0.2) is 0 Å². The summed E-state index contributed by atoms with van der Waals surface area (Å²) in [7, 11) is 0. The fraction of sp³-hybridized carbons (Fsp3) is 0.462. The van der Waals surface area contributed by atoms with Crippen LogP contribution < -0.4 is 5.32 Å². The van der Waals surface area contributed by atoms with Crippen molar-refractivity contribution in [2.24, 2.45) is 4.99 Å². The molecule has 0 aromatic heterocycles. The maximum atomic E-state index is 4.05. The highest BCUT2D eigenvalue weighted by atomic mass is 14.9. The van der Waals surface area contributed by atoms with Gasteiger partial charge in [0.05, 0.1) is 11.4 Å². The zero-order valence-corrected chi connectivity index (χ0v) is 9.88. The van der Waals surface area contributed by atoms with Crippen LogP contribution in [0.3, 0.4) is 0 Å². The van der Waals surface area contributed by atoms with E-state index >= 15 is 0 Å². The van der Waals surface area contributed by atoms with Crippen LogP contribution in [0.5, 0.6) is 0 Å². The monoisotopic (exact) mass is 204 g/mol. The molecule has 0 spiro atoms. The summed E-state index contributed by atoms with van der Waals surface area (Å²) in [5, 5.41) is 3.35. The van der Waals surface area contributed by atoms with Crippen molar-refractivity contribution >= 4 is 18.1 Å². The highest BCUT2D eigenvalue weighted by Gasteiger charge is 2.04. The number of hydrogen-bond acceptors (Lipinski definition) is 2. The van der Waals surface area contributed by atoms with E-state index in [2.05, 4.69) is 56.0 Å². The molecule has 0 radical (unpaired) electrons. The summed E-state index contributed by atoms with van der Waals surface area (Å²) < 4.78 is 0. The molecule has 1 rings (SSSR count). The summed E-state index contributed by atoms with van der Waals surface area (Å²) in [6, 6.07) is 6.35. The van der Waals surface area contributed by atoms with Gasteiger partial charge >= 0.3 is 0 Å². The Kier molecular flexibility index (Phi) is 4.35. The minimum atomic E-state index is 0.533. The van der Waals surface area contributed by atoms with Gasteiger partial charge in [-0.15, -0.1) is 0 Å². The lowest BCUT2D eigenvalue weighted by Crippen LogP contribution is -2.00. The number of nitrogens with zero attached hydrogens (tertiary/aromatic N) is 1. The van der Waals surface area contributed by atoms with Crippen molar-refractivity contribution in [1.82, 2.24) is 0 Å². The standard InChI is InChI=1S/C13H20N2/c1-5-8-15-12-7-6-11(10(2)3)9-13(12)14-4/h6-7,9-10,15H,4-5,8H2,1-3H3. The van der Waals surface area contributed by atoms with Gasteiger partial charge in [-0.2, -0.15) is 0 Å². The second-order valence-corrected chi connectivity index (χ2v) is 4.02. The van der Waals surface area contributed by atoms with Crippen molar-refractivity contribution in [2.45, 2.75) is 33.1 Å². The third-order valence-corrected chi connectivity index (χ3v) is 2.42. The first kappa shape index (κ1) is 11.8. The van der Waals surface area contributed by atoms with Crippen molar-refractivity contribution in [1.29, 1.82) is 0 Å². The van der Waals surface area contributed by atoms with Crippen LogP contribution in [0.4, 0.5) is 11.4 Å². The third kappa shape index (κ3) is 3.08. The van der Waals surface area contributed by atoms with E-state index in [1.54, 1.807) is 0 Å². The van der Waals surface area contributed by atoms with Crippen LogP contribution in [-0.4, -0.2) is 13.3 Å². The molecule has 0 amide bonds. The quantitative estimate of drug-likeness (QED) is 0.721. The van der Waals surface area contributed by atoms with E-state index in [-0.39, 0.29) is 0 Å². The molecule has 0 heterocycles. The van der Waals surface area contributed by atoms with Crippen molar-refractivity contribution in [3.63, 3.8) is 0 Å². The van der Waals surface area contributed by atoms with Crippen LogP contribution in [0.15, 0.2) is 23.2 Å². The van der Waals surface area contributed by atoms with E-state index in [1.807, 2.05) is 0 Å². The number of hydrogen-bond donors (Lipinski definition) is 1. The zero-order valence-electron chi connectivity index (χ0n) is 9.88. The molecule has 82 valence electrons. The topological polar surface area (TPSA) is 24.4 Å². The van der Waals surface area contributed by atoms with Gasteiger partial charge in [0.25, 0.3) is 0 Å². The Morgan fingerprint density at radius 3 is 2.67 bits per heavy atom. The van der Waals surface area contributed by atoms with Crippen LogP contribution >= 0.6 is 0 Å². The summed E-state index contributed by atoms with van der Waals surface area (Å²) in [6.45, 7) is 11.1. The predicted octanol–water partition coefficient (Wildman–Crippen LogP) is 3.96. The van der Waals surface area contributed by atoms with E-state index in [4.69, 9.17) is 0 Å². The lowest BCUT2D eigenvalue weighted by Gasteiger charge is -2.11. The molecule has 0 unspecified atom stereocenters. The first-order valence-corrected chi connectivity index (χ1v) is 5.53. The average molecular weight is 204 g/mol. The lowest BCUT2D eigenvalue weighted by atomic mass is 10.0. The van der Waals surface area contributed by atoms with Gasteiger partial charge in [-0.25, -0.2) is 0 Å². The molecular formula is C13H20N2. The number of rotatable bonds is 5. The van der Waals surface area contributed by atoms with E-state index < -0.39 is 0 Å². The predicted molar refractivity (Wildman–Crippen MR) is 68.5 cm³/mol. The Bertz CT molecular complexity index is 329. The summed E-state index contributed by atoms with van der Waals surface area (Å²) in [5.41, 5.74) is 3.34. The molecule has 0 fully saturated rings. The Labute approximate surface area is 92.4 Å². The normalized spacial score (nSPS) is 10.4. The van der Waals surface area contributed by atoms with Crippen LogP contribution in [0.2, 0.25) is 0 Å². The van der Waals surface area contributed by atoms with E-state index in [9.17, 15) is 0 Å². The maximum Gasteiger partial charge on any atom is 0.0856 e. The lowest BCUT2D eigenvalue weighted by molar-refractivity contribution is 0.866.